The maximum Gasteiger partial charge on any atom is 0.243 e. The van der Waals surface area contributed by atoms with Crippen LogP contribution in [0.15, 0.2) is 47.4 Å². The summed E-state index contributed by atoms with van der Waals surface area (Å²) in [6.45, 7) is 2.07. The molecule has 1 atom stereocenters. The van der Waals surface area contributed by atoms with Crippen LogP contribution in [0, 0.1) is 0 Å². The van der Waals surface area contributed by atoms with Gasteiger partial charge in [0.2, 0.25) is 10.0 Å². The Labute approximate surface area is 170 Å². The van der Waals surface area contributed by atoms with Gasteiger partial charge in [0.1, 0.15) is 10.6 Å². The maximum atomic E-state index is 12.8. The third kappa shape index (κ3) is 4.76. The molecule has 1 saturated heterocycles. The van der Waals surface area contributed by atoms with E-state index in [4.69, 9.17) is 27.9 Å². The van der Waals surface area contributed by atoms with Crippen LogP contribution in [0.4, 0.5) is 0 Å². The lowest BCUT2D eigenvalue weighted by Gasteiger charge is -2.28. The van der Waals surface area contributed by atoms with Gasteiger partial charge in [0.15, 0.2) is 0 Å². The van der Waals surface area contributed by atoms with Crippen LogP contribution in [-0.4, -0.2) is 40.1 Å². The summed E-state index contributed by atoms with van der Waals surface area (Å²) in [4.78, 5) is 2.20. The average Bonchev–Trinajstić information content (AvgIpc) is 3.16. The largest absolute Gasteiger partial charge is 0.497 e. The fourth-order valence-corrected chi connectivity index (χ4v) is 5.54. The first-order chi connectivity index (χ1) is 12.9. The number of nitrogens with zero attached hydrogens (tertiary/aromatic N) is 1. The smallest absolute Gasteiger partial charge is 0.243 e. The van der Waals surface area contributed by atoms with Crippen molar-refractivity contribution in [3.8, 4) is 5.75 Å². The van der Waals surface area contributed by atoms with E-state index in [1.54, 1.807) is 13.2 Å². The number of halogens is 2. The van der Waals surface area contributed by atoms with E-state index in [0.717, 1.165) is 37.2 Å². The van der Waals surface area contributed by atoms with Crippen LogP contribution in [0.3, 0.4) is 0 Å². The van der Waals surface area contributed by atoms with Crippen molar-refractivity contribution in [2.45, 2.75) is 23.8 Å². The summed E-state index contributed by atoms with van der Waals surface area (Å²) in [5.74, 6) is 0.744. The zero-order valence-electron chi connectivity index (χ0n) is 15.0. The Balaban J connectivity index is 1.86. The molecule has 1 heterocycles. The monoisotopic (exact) mass is 428 g/mol. The van der Waals surface area contributed by atoms with Gasteiger partial charge in [-0.05, 0) is 55.8 Å². The van der Waals surface area contributed by atoms with Crippen molar-refractivity contribution in [1.82, 2.24) is 9.62 Å². The first kappa shape index (κ1) is 20.4. The van der Waals surface area contributed by atoms with Crippen LogP contribution in [0.25, 0.3) is 0 Å². The molecule has 0 radical (unpaired) electrons. The van der Waals surface area contributed by atoms with E-state index in [0.29, 0.717) is 0 Å². The standard InChI is InChI=1S/C19H22Cl2N2O3S/c1-26-15-7-4-6-14(12-15)18(23-10-2-3-11-23)13-22-27(24,25)19-16(20)8-5-9-17(19)21/h4-9,12,18,22H,2-3,10-11,13H2,1H3. The van der Waals surface area contributed by atoms with Gasteiger partial charge >= 0.3 is 0 Å². The highest BCUT2D eigenvalue weighted by Crippen LogP contribution is 2.31. The lowest BCUT2D eigenvalue weighted by Crippen LogP contribution is -2.37. The molecule has 27 heavy (non-hydrogen) atoms. The van der Waals surface area contributed by atoms with Crippen molar-refractivity contribution < 1.29 is 13.2 Å². The first-order valence-electron chi connectivity index (χ1n) is 8.74. The molecular weight excluding hydrogens is 407 g/mol. The normalized spacial score (nSPS) is 16.4. The highest BCUT2D eigenvalue weighted by Gasteiger charge is 2.27. The van der Waals surface area contributed by atoms with E-state index in [1.165, 1.54) is 12.1 Å². The number of sulfonamides is 1. The van der Waals surface area contributed by atoms with Crippen molar-refractivity contribution in [3.05, 3.63) is 58.1 Å². The predicted octanol–water partition coefficient (Wildman–Crippen LogP) is 4.12. The second kappa shape index (κ2) is 8.80. The summed E-state index contributed by atoms with van der Waals surface area (Å²) in [7, 11) is -2.22. The summed E-state index contributed by atoms with van der Waals surface area (Å²) in [5, 5.41) is 0.211. The number of methoxy groups -OCH3 is 1. The molecular formula is C19H22Cl2N2O3S. The fourth-order valence-electron chi connectivity index (χ4n) is 3.36. The van der Waals surface area contributed by atoms with Gasteiger partial charge in [0.25, 0.3) is 0 Å². The number of hydrogen-bond acceptors (Lipinski definition) is 4. The Morgan fingerprint density at radius 3 is 2.37 bits per heavy atom. The molecule has 1 N–H and O–H groups in total. The molecule has 0 aromatic heterocycles. The molecule has 5 nitrogen and oxygen atoms in total. The number of nitrogens with one attached hydrogen (secondary N) is 1. The molecule has 1 fully saturated rings. The van der Waals surface area contributed by atoms with E-state index < -0.39 is 10.0 Å². The summed E-state index contributed by atoms with van der Waals surface area (Å²) in [5.41, 5.74) is 1.00. The summed E-state index contributed by atoms with van der Waals surface area (Å²) in [6, 6.07) is 12.3. The van der Waals surface area contributed by atoms with Gasteiger partial charge in [0, 0.05) is 12.6 Å². The number of rotatable bonds is 7. The lowest BCUT2D eigenvalue weighted by molar-refractivity contribution is 0.246. The average molecular weight is 429 g/mol. The van der Waals surface area contributed by atoms with Crippen LogP contribution in [0.2, 0.25) is 10.0 Å². The summed E-state index contributed by atoms with van der Waals surface area (Å²) < 4.78 is 33.7. The van der Waals surface area contributed by atoms with Crippen molar-refractivity contribution in [1.29, 1.82) is 0 Å². The third-order valence-electron chi connectivity index (χ3n) is 4.71. The Kier molecular flexibility index (Phi) is 6.65. The topological polar surface area (TPSA) is 58.6 Å². The molecule has 0 amide bonds. The minimum Gasteiger partial charge on any atom is -0.497 e. The Morgan fingerprint density at radius 1 is 1.11 bits per heavy atom. The summed E-state index contributed by atoms with van der Waals surface area (Å²) >= 11 is 12.2. The van der Waals surface area contributed by atoms with Gasteiger partial charge in [-0.3, -0.25) is 4.90 Å². The van der Waals surface area contributed by atoms with E-state index in [1.807, 2.05) is 24.3 Å². The number of likely N-dealkylation sites (tertiary alicyclic amines) is 1. The van der Waals surface area contributed by atoms with Crippen LogP contribution >= 0.6 is 23.2 Å². The second-order valence-electron chi connectivity index (χ2n) is 6.44. The molecule has 2 aromatic rings. The number of hydrogen-bond donors (Lipinski definition) is 1. The lowest BCUT2D eigenvalue weighted by atomic mass is 10.1. The summed E-state index contributed by atoms with van der Waals surface area (Å²) in [6.07, 6.45) is 2.20. The number of ether oxygens (including phenoxy) is 1. The minimum atomic E-state index is -3.84. The van der Waals surface area contributed by atoms with Crippen molar-refractivity contribution in [3.63, 3.8) is 0 Å². The Hall–Kier alpha value is -1.31. The van der Waals surface area contributed by atoms with E-state index in [2.05, 4.69) is 9.62 Å². The quantitative estimate of drug-likeness (QED) is 0.720. The molecule has 146 valence electrons. The number of benzene rings is 2. The van der Waals surface area contributed by atoms with Gasteiger partial charge in [-0.15, -0.1) is 0 Å². The molecule has 8 heteroatoms. The molecule has 0 aliphatic carbocycles. The molecule has 3 rings (SSSR count). The molecule has 0 saturated carbocycles. The van der Waals surface area contributed by atoms with E-state index in [-0.39, 0.29) is 27.5 Å². The second-order valence-corrected chi connectivity index (χ2v) is 8.96. The zero-order chi connectivity index (χ0) is 19.4. The van der Waals surface area contributed by atoms with Crippen LogP contribution in [0.1, 0.15) is 24.4 Å². The zero-order valence-corrected chi connectivity index (χ0v) is 17.3. The highest BCUT2D eigenvalue weighted by molar-refractivity contribution is 7.89. The highest BCUT2D eigenvalue weighted by atomic mass is 35.5. The molecule has 0 spiro atoms. The Morgan fingerprint density at radius 2 is 1.74 bits per heavy atom. The van der Waals surface area contributed by atoms with Gasteiger partial charge in [-0.25, -0.2) is 13.1 Å². The van der Waals surface area contributed by atoms with Gasteiger partial charge < -0.3 is 4.74 Å². The van der Waals surface area contributed by atoms with Gasteiger partial charge in [-0.1, -0.05) is 41.4 Å². The minimum absolute atomic E-state index is 0.0841. The van der Waals surface area contributed by atoms with E-state index >= 15 is 0 Å². The molecule has 1 aliphatic rings. The van der Waals surface area contributed by atoms with Gasteiger partial charge in [0.05, 0.1) is 17.2 Å². The van der Waals surface area contributed by atoms with Crippen LogP contribution < -0.4 is 9.46 Å². The molecule has 1 aliphatic heterocycles. The van der Waals surface area contributed by atoms with Crippen molar-refractivity contribution in [2.75, 3.05) is 26.7 Å². The van der Waals surface area contributed by atoms with Crippen molar-refractivity contribution >= 4 is 33.2 Å². The SMILES string of the molecule is COc1cccc(C(CNS(=O)(=O)c2c(Cl)cccc2Cl)N2CCCC2)c1. The van der Waals surface area contributed by atoms with E-state index in [9.17, 15) is 8.42 Å². The third-order valence-corrected chi connectivity index (χ3v) is 7.09. The van der Waals surface area contributed by atoms with Gasteiger partial charge in [-0.2, -0.15) is 0 Å². The van der Waals surface area contributed by atoms with Crippen LogP contribution in [-0.2, 0) is 10.0 Å². The molecule has 2 aromatic carbocycles. The first-order valence-corrected chi connectivity index (χ1v) is 11.0. The molecule has 0 bridgehead atoms. The fraction of sp³-hybridized carbons (Fsp3) is 0.368. The predicted molar refractivity (Wildman–Crippen MR) is 108 cm³/mol. The molecule has 1 unspecified atom stereocenters. The Bertz CT molecular complexity index is 879. The van der Waals surface area contributed by atoms with Crippen molar-refractivity contribution in [2.24, 2.45) is 0 Å². The maximum absolute atomic E-state index is 12.8. The van der Waals surface area contributed by atoms with Crippen LogP contribution in [0.5, 0.6) is 5.75 Å².